The molecule has 1 fully saturated rings. The Morgan fingerprint density at radius 2 is 2.00 bits per heavy atom. The van der Waals surface area contributed by atoms with Gasteiger partial charge in [-0.1, -0.05) is 6.07 Å². The monoisotopic (exact) mass is 424 g/mol. The lowest BCUT2D eigenvalue weighted by Gasteiger charge is -2.36. The molecule has 8 nitrogen and oxygen atoms in total. The second kappa shape index (κ2) is 9.39. The maximum Gasteiger partial charge on any atom is 0.241 e. The van der Waals surface area contributed by atoms with Gasteiger partial charge in [0, 0.05) is 6.54 Å². The second-order valence-electron chi connectivity index (χ2n) is 6.33. The van der Waals surface area contributed by atoms with Gasteiger partial charge in [-0.05, 0) is 44.4 Å². The van der Waals surface area contributed by atoms with Crippen molar-refractivity contribution in [3.05, 3.63) is 30.1 Å². The topological polar surface area (TPSA) is 122 Å². The summed E-state index contributed by atoms with van der Waals surface area (Å²) in [6, 6.07) is 4.00. The molecule has 1 aromatic carbocycles. The van der Waals surface area contributed by atoms with E-state index in [2.05, 4.69) is 9.44 Å². The van der Waals surface area contributed by atoms with Crippen LogP contribution in [0.15, 0.2) is 29.2 Å². The summed E-state index contributed by atoms with van der Waals surface area (Å²) in [6.07, 6.45) is 0.261. The third kappa shape index (κ3) is 6.47. The maximum absolute atomic E-state index is 13.3. The highest BCUT2D eigenvalue weighted by Gasteiger charge is 2.34. The molecule has 1 aliphatic rings. The fourth-order valence-corrected chi connectivity index (χ4v) is 4.82. The first kappa shape index (κ1) is 22.2. The minimum absolute atomic E-state index is 0.0122. The highest BCUT2D eigenvalue weighted by molar-refractivity contribution is 7.89. The predicted octanol–water partition coefficient (Wildman–Crippen LogP) is 0.342. The lowest BCUT2D eigenvalue weighted by molar-refractivity contribution is -0.0869. The van der Waals surface area contributed by atoms with Gasteiger partial charge in [0.05, 0.1) is 35.5 Å². The van der Waals surface area contributed by atoms with Crippen molar-refractivity contribution in [3.8, 4) is 0 Å². The van der Waals surface area contributed by atoms with Crippen LogP contribution >= 0.6 is 0 Å². The van der Waals surface area contributed by atoms with E-state index >= 15 is 0 Å². The van der Waals surface area contributed by atoms with Crippen LogP contribution in [-0.4, -0.2) is 59.1 Å². The summed E-state index contributed by atoms with van der Waals surface area (Å²) in [5, 5.41) is 9.55. The number of ether oxygens (including phenoxy) is 1. The number of aliphatic hydroxyl groups is 1. The van der Waals surface area contributed by atoms with Gasteiger partial charge in [-0.3, -0.25) is 0 Å². The van der Waals surface area contributed by atoms with E-state index in [9.17, 15) is 26.3 Å². The molecule has 3 N–H and O–H groups in total. The van der Waals surface area contributed by atoms with E-state index < -0.39 is 44.6 Å². The third-order valence-corrected chi connectivity index (χ3v) is 7.27. The lowest BCUT2D eigenvalue weighted by Crippen LogP contribution is -2.51. The molecule has 0 bridgehead atoms. The van der Waals surface area contributed by atoms with Crippen LogP contribution in [0.4, 0.5) is 4.39 Å². The zero-order valence-electron chi connectivity index (χ0n) is 15.0. The smallest absolute Gasteiger partial charge is 0.241 e. The van der Waals surface area contributed by atoms with E-state index in [4.69, 9.17) is 4.74 Å². The van der Waals surface area contributed by atoms with Crippen molar-refractivity contribution in [2.45, 2.75) is 49.3 Å². The van der Waals surface area contributed by atoms with E-state index in [1.54, 1.807) is 0 Å². The standard InChI is InChI=1S/C16H25FN2O6S2/c1-2-26(21,22)18-9-8-13-6-7-15(16(11-20)25-13)19-27(23,24)14-5-3-4-12(17)10-14/h3-5,10,13,15-16,18-20H,2,6-9,11H2,1H3/t13-,15+,16-/m1/s1. The lowest BCUT2D eigenvalue weighted by atomic mass is 9.98. The van der Waals surface area contributed by atoms with Crippen molar-refractivity contribution in [1.82, 2.24) is 9.44 Å². The molecule has 0 unspecified atom stereocenters. The van der Waals surface area contributed by atoms with Crippen LogP contribution in [0.5, 0.6) is 0 Å². The third-order valence-electron chi connectivity index (χ3n) is 4.38. The van der Waals surface area contributed by atoms with Gasteiger partial charge in [0.15, 0.2) is 0 Å². The van der Waals surface area contributed by atoms with Crippen LogP contribution in [0.1, 0.15) is 26.2 Å². The molecule has 11 heteroatoms. The Hall–Kier alpha value is -1.11. The first-order valence-electron chi connectivity index (χ1n) is 8.68. The van der Waals surface area contributed by atoms with Crippen LogP contribution in [-0.2, 0) is 24.8 Å². The summed E-state index contributed by atoms with van der Waals surface area (Å²) in [5.41, 5.74) is 0. The van der Waals surface area contributed by atoms with Gasteiger partial charge in [0.25, 0.3) is 0 Å². The molecule has 1 heterocycles. The Morgan fingerprint density at radius 1 is 1.26 bits per heavy atom. The van der Waals surface area contributed by atoms with Crippen molar-refractivity contribution in [3.63, 3.8) is 0 Å². The van der Waals surface area contributed by atoms with E-state index in [1.165, 1.54) is 19.1 Å². The highest BCUT2D eigenvalue weighted by atomic mass is 32.2. The van der Waals surface area contributed by atoms with Crippen LogP contribution in [0, 0.1) is 5.82 Å². The molecule has 0 aliphatic carbocycles. The van der Waals surface area contributed by atoms with Crippen molar-refractivity contribution < 1.29 is 31.1 Å². The molecule has 1 aliphatic heterocycles. The Morgan fingerprint density at radius 3 is 2.63 bits per heavy atom. The van der Waals surface area contributed by atoms with E-state index in [0.29, 0.717) is 19.3 Å². The van der Waals surface area contributed by atoms with E-state index in [1.807, 2.05) is 0 Å². The van der Waals surface area contributed by atoms with E-state index in [0.717, 1.165) is 12.1 Å². The van der Waals surface area contributed by atoms with Crippen molar-refractivity contribution in [2.75, 3.05) is 18.9 Å². The minimum Gasteiger partial charge on any atom is -0.394 e. The number of rotatable bonds is 9. The summed E-state index contributed by atoms with van der Waals surface area (Å²) in [7, 11) is -7.24. The molecular formula is C16H25FN2O6S2. The highest BCUT2D eigenvalue weighted by Crippen LogP contribution is 2.23. The van der Waals surface area contributed by atoms with Gasteiger partial charge in [0.2, 0.25) is 20.0 Å². The van der Waals surface area contributed by atoms with Crippen molar-refractivity contribution >= 4 is 20.0 Å². The molecule has 0 aromatic heterocycles. The summed E-state index contributed by atoms with van der Waals surface area (Å²) >= 11 is 0. The zero-order chi connectivity index (χ0) is 20.1. The number of sulfonamides is 2. The number of aliphatic hydroxyl groups excluding tert-OH is 1. The Balaban J connectivity index is 1.95. The van der Waals surface area contributed by atoms with Crippen molar-refractivity contribution in [2.24, 2.45) is 0 Å². The van der Waals surface area contributed by atoms with Crippen LogP contribution < -0.4 is 9.44 Å². The summed E-state index contributed by atoms with van der Waals surface area (Å²) < 4.78 is 71.6. The first-order chi connectivity index (χ1) is 12.7. The molecule has 0 amide bonds. The first-order valence-corrected chi connectivity index (χ1v) is 11.8. The van der Waals surface area contributed by atoms with Crippen LogP contribution in [0.3, 0.4) is 0 Å². The van der Waals surface area contributed by atoms with Crippen LogP contribution in [0.2, 0.25) is 0 Å². The zero-order valence-corrected chi connectivity index (χ0v) is 16.6. The van der Waals surface area contributed by atoms with Crippen LogP contribution in [0.25, 0.3) is 0 Å². The molecule has 0 radical (unpaired) electrons. The summed E-state index contributed by atoms with van der Waals surface area (Å²) in [5.74, 6) is -0.673. The van der Waals surface area contributed by atoms with Gasteiger partial charge >= 0.3 is 0 Å². The number of hydrogen-bond acceptors (Lipinski definition) is 6. The predicted molar refractivity (Wildman–Crippen MR) is 97.6 cm³/mol. The molecule has 1 aromatic rings. The number of nitrogens with one attached hydrogen (secondary N) is 2. The molecule has 154 valence electrons. The molecule has 0 spiro atoms. The second-order valence-corrected chi connectivity index (χ2v) is 10.1. The normalized spacial score (nSPS) is 24.0. The molecule has 27 heavy (non-hydrogen) atoms. The molecule has 0 saturated carbocycles. The number of halogens is 1. The Labute approximate surface area is 159 Å². The van der Waals surface area contributed by atoms with Crippen molar-refractivity contribution in [1.29, 1.82) is 0 Å². The largest absolute Gasteiger partial charge is 0.394 e. The fraction of sp³-hybridized carbons (Fsp3) is 0.625. The summed E-state index contributed by atoms with van der Waals surface area (Å²) in [6.45, 7) is 1.35. The number of benzene rings is 1. The SMILES string of the molecule is CCS(=O)(=O)NCC[C@H]1CC[C@H](NS(=O)(=O)c2cccc(F)c2)[C@@H](CO)O1. The average molecular weight is 425 g/mol. The van der Waals surface area contributed by atoms with Gasteiger partial charge < -0.3 is 9.84 Å². The molecule has 1 saturated heterocycles. The Bertz CT molecular complexity index is 831. The van der Waals surface area contributed by atoms with E-state index in [-0.39, 0.29) is 23.3 Å². The quantitative estimate of drug-likeness (QED) is 0.526. The fourth-order valence-electron chi connectivity index (χ4n) is 2.86. The molecule has 2 rings (SSSR count). The maximum atomic E-state index is 13.3. The van der Waals surface area contributed by atoms with Gasteiger partial charge in [-0.2, -0.15) is 0 Å². The average Bonchev–Trinajstić information content (AvgIpc) is 2.62. The molecular weight excluding hydrogens is 399 g/mol. The molecule has 3 atom stereocenters. The number of hydrogen-bond donors (Lipinski definition) is 3. The van der Waals surface area contributed by atoms with Gasteiger partial charge in [0.1, 0.15) is 5.82 Å². The van der Waals surface area contributed by atoms with Gasteiger partial charge in [-0.15, -0.1) is 0 Å². The Kier molecular flexibility index (Phi) is 7.72. The minimum atomic E-state index is -3.96. The summed E-state index contributed by atoms with van der Waals surface area (Å²) in [4.78, 5) is -0.199. The van der Waals surface area contributed by atoms with Gasteiger partial charge in [-0.25, -0.2) is 30.7 Å².